The lowest BCUT2D eigenvalue weighted by Gasteiger charge is -2.45. The van der Waals surface area contributed by atoms with Gasteiger partial charge in [-0.1, -0.05) is 79.2 Å². The summed E-state index contributed by atoms with van der Waals surface area (Å²) in [5.74, 6) is -3.19. The Hall–Kier alpha value is -3.02. The highest BCUT2D eigenvalue weighted by molar-refractivity contribution is 9.09. The Labute approximate surface area is 312 Å². The monoisotopic (exact) mass is 771 g/mol. The Morgan fingerprint density at radius 1 is 1.14 bits per heavy atom. The second kappa shape index (κ2) is 16.3. The highest BCUT2D eigenvalue weighted by atomic mass is 79.9. The maximum Gasteiger partial charge on any atom is 0.313 e. The van der Waals surface area contributed by atoms with Crippen LogP contribution in [0.3, 0.4) is 0 Å². The lowest BCUT2D eigenvalue weighted by Crippen LogP contribution is -2.61. The summed E-state index contributed by atoms with van der Waals surface area (Å²) in [6.07, 6.45) is 4.68. The van der Waals surface area contributed by atoms with E-state index in [0.29, 0.717) is 37.7 Å². The third-order valence-corrected chi connectivity index (χ3v) is 11.6. The first kappa shape index (κ1) is 40.7. The summed E-state index contributed by atoms with van der Waals surface area (Å²) in [5.41, 5.74) is -1.23. The topological polar surface area (TPSA) is 117 Å². The van der Waals surface area contributed by atoms with Gasteiger partial charge in [0.2, 0.25) is 17.7 Å². The van der Waals surface area contributed by atoms with E-state index in [1.165, 1.54) is 0 Å². The van der Waals surface area contributed by atoms with Crippen LogP contribution in [0.1, 0.15) is 91.7 Å². The molecule has 11 heteroatoms. The van der Waals surface area contributed by atoms with Crippen molar-refractivity contribution in [2.24, 2.45) is 17.3 Å². The van der Waals surface area contributed by atoms with E-state index < -0.39 is 53.2 Å². The second-order valence-electron chi connectivity index (χ2n) is 16.3. The number of carbonyl (C=O) groups excluding carboxylic acids is 4. The predicted octanol–water partition coefficient (Wildman–Crippen LogP) is 5.83. The van der Waals surface area contributed by atoms with Crippen molar-refractivity contribution >= 4 is 39.6 Å². The molecule has 0 aliphatic carbocycles. The summed E-state index contributed by atoms with van der Waals surface area (Å²) in [6.45, 7) is 20.4. The van der Waals surface area contributed by atoms with Gasteiger partial charge in [0, 0.05) is 43.5 Å². The molecule has 282 valence electrons. The Morgan fingerprint density at radius 2 is 1.80 bits per heavy atom. The molecule has 3 aliphatic heterocycles. The molecule has 1 unspecified atom stereocenters. The molecule has 8 atom stereocenters. The zero-order valence-electron chi connectivity index (χ0n) is 31.5. The normalized spacial score (nSPS) is 26.7. The minimum Gasteiger partial charge on any atom is -0.455 e. The fourth-order valence-electron chi connectivity index (χ4n) is 8.74. The molecular formula is C40H58BrN3O7. The van der Waals surface area contributed by atoms with Crippen molar-refractivity contribution in [1.82, 2.24) is 14.7 Å². The minimum absolute atomic E-state index is 0.0446. The van der Waals surface area contributed by atoms with Gasteiger partial charge in [-0.3, -0.25) is 19.2 Å². The number of rotatable bonds is 17. The molecule has 1 spiro atoms. The summed E-state index contributed by atoms with van der Waals surface area (Å²) in [6, 6.07) is 7.78. The van der Waals surface area contributed by atoms with Crippen molar-refractivity contribution in [1.29, 1.82) is 0 Å². The average Bonchev–Trinajstić information content (AvgIpc) is 3.66. The maximum absolute atomic E-state index is 15.0. The molecule has 2 bridgehead atoms. The number of nitrogens with zero attached hydrogens (tertiary/aromatic N) is 3. The Bertz CT molecular complexity index is 1440. The number of ether oxygens (including phenoxy) is 2. The number of aliphatic hydroxyl groups excluding tert-OH is 1. The lowest BCUT2D eigenvalue weighted by molar-refractivity contribution is -0.164. The van der Waals surface area contributed by atoms with Crippen LogP contribution in [0.5, 0.6) is 0 Å². The van der Waals surface area contributed by atoms with Gasteiger partial charge in [-0.05, 0) is 63.9 Å². The van der Waals surface area contributed by atoms with Crippen LogP contribution in [0.2, 0.25) is 0 Å². The summed E-state index contributed by atoms with van der Waals surface area (Å²) >= 11 is 3.77. The lowest BCUT2D eigenvalue weighted by atomic mass is 9.70. The van der Waals surface area contributed by atoms with Gasteiger partial charge in [0.15, 0.2) is 0 Å². The highest BCUT2D eigenvalue weighted by Gasteiger charge is 2.77. The van der Waals surface area contributed by atoms with Gasteiger partial charge in [-0.25, -0.2) is 0 Å². The van der Waals surface area contributed by atoms with Crippen LogP contribution >= 0.6 is 15.9 Å². The Balaban J connectivity index is 1.74. The molecule has 0 aromatic heterocycles. The number of alkyl halides is 1. The van der Waals surface area contributed by atoms with Crippen molar-refractivity contribution in [3.05, 3.63) is 61.2 Å². The third-order valence-electron chi connectivity index (χ3n) is 10.7. The van der Waals surface area contributed by atoms with Crippen molar-refractivity contribution in [3.63, 3.8) is 0 Å². The number of carbonyl (C=O) groups is 4. The molecule has 10 nitrogen and oxygen atoms in total. The van der Waals surface area contributed by atoms with Gasteiger partial charge in [-0.2, -0.15) is 0 Å². The van der Waals surface area contributed by atoms with Crippen molar-refractivity contribution in [2.75, 3.05) is 26.7 Å². The van der Waals surface area contributed by atoms with Crippen LogP contribution in [-0.2, 0) is 28.7 Å². The number of unbranched alkanes of at least 4 members (excludes halogenated alkanes) is 1. The van der Waals surface area contributed by atoms with E-state index in [-0.39, 0.29) is 54.1 Å². The highest BCUT2D eigenvalue weighted by Crippen LogP contribution is 2.61. The van der Waals surface area contributed by atoms with E-state index in [2.05, 4.69) is 49.9 Å². The van der Waals surface area contributed by atoms with Crippen LogP contribution in [0.15, 0.2) is 55.6 Å². The second-order valence-corrected chi connectivity index (χ2v) is 17.4. The van der Waals surface area contributed by atoms with Crippen LogP contribution in [0.4, 0.5) is 0 Å². The summed E-state index contributed by atoms with van der Waals surface area (Å²) in [7, 11) is 1.70. The fourth-order valence-corrected chi connectivity index (χ4v) is 9.68. The van der Waals surface area contributed by atoms with Crippen LogP contribution in [0, 0.1) is 17.3 Å². The minimum atomic E-state index is -1.27. The zero-order valence-corrected chi connectivity index (χ0v) is 33.1. The van der Waals surface area contributed by atoms with Crippen molar-refractivity contribution in [3.8, 4) is 0 Å². The third kappa shape index (κ3) is 8.31. The number of likely N-dealkylation sites (N-methyl/N-ethyl adjacent to an activating group) is 1. The first-order valence-corrected chi connectivity index (χ1v) is 19.1. The quantitative estimate of drug-likeness (QED) is 0.0917. The number of benzene rings is 1. The molecule has 0 saturated carbocycles. The van der Waals surface area contributed by atoms with E-state index >= 15 is 4.79 Å². The molecule has 1 aromatic rings. The number of likely N-dealkylation sites (tertiary alicyclic amines) is 1. The van der Waals surface area contributed by atoms with Crippen LogP contribution in [0.25, 0.3) is 0 Å². The van der Waals surface area contributed by atoms with Gasteiger partial charge in [0.1, 0.15) is 17.7 Å². The van der Waals surface area contributed by atoms with Crippen LogP contribution < -0.4 is 0 Å². The predicted molar refractivity (Wildman–Crippen MR) is 201 cm³/mol. The molecule has 3 aliphatic rings. The molecule has 0 radical (unpaired) electrons. The maximum atomic E-state index is 15.0. The smallest absolute Gasteiger partial charge is 0.313 e. The summed E-state index contributed by atoms with van der Waals surface area (Å²) < 4.78 is 13.2. The molecular weight excluding hydrogens is 714 g/mol. The van der Waals surface area contributed by atoms with E-state index in [9.17, 15) is 19.5 Å². The average molecular weight is 773 g/mol. The number of halogens is 1. The number of hydrogen-bond acceptors (Lipinski definition) is 7. The van der Waals surface area contributed by atoms with Gasteiger partial charge in [0.05, 0.1) is 24.0 Å². The molecule has 1 N–H and O–H groups in total. The number of fused-ring (bicyclic) bond motifs is 1. The largest absolute Gasteiger partial charge is 0.455 e. The van der Waals surface area contributed by atoms with Gasteiger partial charge in [0.25, 0.3) is 0 Å². The molecule has 51 heavy (non-hydrogen) atoms. The number of allylic oxidation sites excluding steroid dienone is 1. The van der Waals surface area contributed by atoms with Crippen molar-refractivity contribution < 1.29 is 33.8 Å². The van der Waals surface area contributed by atoms with Gasteiger partial charge < -0.3 is 29.3 Å². The number of amides is 3. The van der Waals surface area contributed by atoms with E-state index in [0.717, 1.165) is 0 Å². The first-order chi connectivity index (χ1) is 24.0. The van der Waals surface area contributed by atoms with Gasteiger partial charge >= 0.3 is 5.97 Å². The Morgan fingerprint density at radius 3 is 2.39 bits per heavy atom. The zero-order chi connectivity index (χ0) is 37.9. The number of aliphatic hydroxyl groups is 1. The molecule has 3 amide bonds. The molecule has 3 saturated heterocycles. The molecule has 1 aromatic carbocycles. The summed E-state index contributed by atoms with van der Waals surface area (Å²) in [4.78, 5) is 62.0. The molecule has 3 fully saturated rings. The number of esters is 1. The number of hydrogen-bond donors (Lipinski definition) is 1. The standard InChI is InChI=1S/C40H58BrN3O7/c1-10-12-20-29(46)42(9)26(3)32(27-18-14-13-15-19-27)50-37(49)30-31-35(47)43(22-16-17-23-45)34(40(31)24-28(41)33(30)51-40)36(48)44(21-11-2)39(7,8)25-38(4,5)6/h10-11,13-15,18-19,26,28,30-34,45H,1-2,12,16-17,20-25H2,3-9H3/t26-,28?,30+,31-,32+,33+,34+,40-/m1/s1. The summed E-state index contributed by atoms with van der Waals surface area (Å²) in [5, 5.41) is 9.60. The fraction of sp³-hybridized carbons (Fsp3) is 0.650. The van der Waals surface area contributed by atoms with E-state index in [4.69, 9.17) is 9.47 Å². The van der Waals surface area contributed by atoms with Crippen LogP contribution in [-0.4, -0.2) is 104 Å². The van der Waals surface area contributed by atoms with E-state index in [1.807, 2.05) is 51.1 Å². The SMILES string of the molecule is C=CCCC(=O)N(C)[C@H](C)[C@H](OC(=O)[C@@H]1[C@H]2O[C@@]3(CC2Br)[C@H](C(=O)N(CC=C)C(C)(C)CC(C)(C)C)N(CCCCO)C(=O)[C@@H]13)c1ccccc1. The van der Waals surface area contributed by atoms with Crippen molar-refractivity contribution in [2.45, 2.75) is 120 Å². The van der Waals surface area contributed by atoms with E-state index in [1.54, 1.807) is 33.9 Å². The van der Waals surface area contributed by atoms with Gasteiger partial charge in [-0.15, -0.1) is 13.2 Å². The first-order valence-electron chi connectivity index (χ1n) is 18.2. The molecule has 4 rings (SSSR count). The Kier molecular flexibility index (Phi) is 13.0. The molecule has 3 heterocycles.